The van der Waals surface area contributed by atoms with Crippen molar-refractivity contribution in [3.63, 3.8) is 0 Å². The lowest BCUT2D eigenvalue weighted by Gasteiger charge is -2.41. The van der Waals surface area contributed by atoms with Crippen LogP contribution in [0.2, 0.25) is 0 Å². The normalized spacial score (nSPS) is 33.5. The average Bonchev–Trinajstić information content (AvgIpc) is 2.62. The third kappa shape index (κ3) is 8.43. The van der Waals surface area contributed by atoms with Crippen molar-refractivity contribution in [3.8, 4) is 0 Å². The van der Waals surface area contributed by atoms with Crippen LogP contribution in [-0.4, -0.2) is 51.3 Å². The highest BCUT2D eigenvalue weighted by atomic mass is 15.3. The Hall–Kier alpha value is -0.0800. The third-order valence-corrected chi connectivity index (χ3v) is 7.39. The van der Waals surface area contributed by atoms with Crippen LogP contribution >= 0.6 is 0 Å². The molecule has 148 valence electrons. The van der Waals surface area contributed by atoms with E-state index in [0.717, 1.165) is 11.8 Å². The zero-order valence-corrected chi connectivity index (χ0v) is 17.8. The van der Waals surface area contributed by atoms with E-state index in [1.54, 1.807) is 4.90 Å². The number of likely N-dealkylation sites (tertiary alicyclic amines) is 2. The van der Waals surface area contributed by atoms with Crippen LogP contribution in [0, 0.1) is 11.8 Å². The van der Waals surface area contributed by atoms with Crippen LogP contribution in [0.25, 0.3) is 0 Å². The first-order valence-corrected chi connectivity index (χ1v) is 11.8. The Morgan fingerprint density at radius 2 is 1.32 bits per heavy atom. The average molecular weight is 353 g/mol. The Bertz CT molecular complexity index is 325. The van der Waals surface area contributed by atoms with E-state index < -0.39 is 0 Å². The predicted octanol–water partition coefficient (Wildman–Crippen LogP) is 4.30. The van der Waals surface area contributed by atoms with Gasteiger partial charge in [-0.2, -0.15) is 0 Å². The van der Waals surface area contributed by atoms with Crippen molar-refractivity contribution < 1.29 is 9.38 Å². The van der Waals surface area contributed by atoms with E-state index in [4.69, 9.17) is 0 Å². The Morgan fingerprint density at radius 3 is 1.96 bits per heavy atom. The van der Waals surface area contributed by atoms with Gasteiger partial charge in [0, 0.05) is 0 Å². The van der Waals surface area contributed by atoms with Gasteiger partial charge in [-0.15, -0.1) is 0 Å². The SMILES string of the molecule is CCCCCCCC[N+]1(C)CCC(CCCC2CC[NH+](C)CC2)CC1. The van der Waals surface area contributed by atoms with Crippen molar-refractivity contribution in [2.45, 2.75) is 90.4 Å². The van der Waals surface area contributed by atoms with Gasteiger partial charge in [0.25, 0.3) is 0 Å². The first-order chi connectivity index (χ1) is 12.1. The molecule has 0 aromatic rings. The summed E-state index contributed by atoms with van der Waals surface area (Å²) in [5, 5.41) is 0. The quantitative estimate of drug-likeness (QED) is 0.418. The summed E-state index contributed by atoms with van der Waals surface area (Å²) in [5.41, 5.74) is 0. The molecule has 0 unspecified atom stereocenters. The molecule has 2 rings (SSSR count). The van der Waals surface area contributed by atoms with E-state index >= 15 is 0 Å². The van der Waals surface area contributed by atoms with Crippen LogP contribution in [0.15, 0.2) is 0 Å². The number of unbranched alkanes of at least 4 members (excludes halogenated alkanes) is 5. The van der Waals surface area contributed by atoms with Crippen LogP contribution < -0.4 is 4.90 Å². The number of nitrogens with zero attached hydrogens (tertiary/aromatic N) is 1. The van der Waals surface area contributed by atoms with Gasteiger partial charge in [0.1, 0.15) is 0 Å². The van der Waals surface area contributed by atoms with E-state index in [-0.39, 0.29) is 0 Å². The molecule has 2 heterocycles. The molecule has 0 aromatic heterocycles. The number of piperidine rings is 2. The molecule has 0 spiro atoms. The van der Waals surface area contributed by atoms with Gasteiger partial charge < -0.3 is 9.38 Å². The molecule has 0 radical (unpaired) electrons. The largest absolute Gasteiger partial charge is 0.337 e. The van der Waals surface area contributed by atoms with Gasteiger partial charge in [-0.25, -0.2) is 0 Å². The minimum Gasteiger partial charge on any atom is -0.337 e. The van der Waals surface area contributed by atoms with Gasteiger partial charge in [0.15, 0.2) is 0 Å². The van der Waals surface area contributed by atoms with Crippen LogP contribution in [0.5, 0.6) is 0 Å². The highest BCUT2D eigenvalue weighted by Gasteiger charge is 2.29. The van der Waals surface area contributed by atoms with E-state index in [0.29, 0.717) is 0 Å². The van der Waals surface area contributed by atoms with Gasteiger partial charge in [-0.1, -0.05) is 51.9 Å². The monoisotopic (exact) mass is 352 g/mol. The van der Waals surface area contributed by atoms with Gasteiger partial charge in [-0.05, 0) is 50.4 Å². The standard InChI is InChI=1S/C23H47N2/c1-4-5-6-7-8-9-19-25(3)20-15-23(16-21-25)12-10-11-22-13-17-24(2)18-14-22/h22-23H,4-21H2,1-3H3/q+1/p+1. The molecule has 2 saturated heterocycles. The second-order valence-corrected chi connectivity index (χ2v) is 9.83. The van der Waals surface area contributed by atoms with Gasteiger partial charge >= 0.3 is 0 Å². The van der Waals surface area contributed by atoms with Gasteiger partial charge in [0.05, 0.1) is 46.8 Å². The molecule has 0 amide bonds. The van der Waals surface area contributed by atoms with Crippen LogP contribution in [0.1, 0.15) is 90.4 Å². The fraction of sp³-hybridized carbons (Fsp3) is 1.00. The Morgan fingerprint density at radius 1 is 0.760 bits per heavy atom. The summed E-state index contributed by atoms with van der Waals surface area (Å²) in [4.78, 5) is 1.76. The molecule has 2 aliphatic rings. The maximum absolute atomic E-state index is 2.53. The molecule has 0 aliphatic carbocycles. The zero-order valence-electron chi connectivity index (χ0n) is 17.8. The van der Waals surface area contributed by atoms with Crippen LogP contribution in [0.3, 0.4) is 0 Å². The summed E-state index contributed by atoms with van der Waals surface area (Å²) in [5.74, 6) is 2.11. The number of hydrogen-bond acceptors (Lipinski definition) is 0. The summed E-state index contributed by atoms with van der Waals surface area (Å²) in [7, 11) is 4.89. The van der Waals surface area contributed by atoms with Gasteiger partial charge in [-0.3, -0.25) is 0 Å². The first-order valence-electron chi connectivity index (χ1n) is 11.8. The van der Waals surface area contributed by atoms with Gasteiger partial charge in [0.2, 0.25) is 0 Å². The number of hydrogen-bond donors (Lipinski definition) is 1. The molecular formula is C23H48N2+2. The van der Waals surface area contributed by atoms with Crippen LogP contribution in [0.4, 0.5) is 0 Å². The Kier molecular flexibility index (Phi) is 9.84. The molecule has 1 N–H and O–H groups in total. The molecular weight excluding hydrogens is 304 g/mol. The Labute approximate surface area is 158 Å². The third-order valence-electron chi connectivity index (χ3n) is 7.39. The molecule has 0 saturated carbocycles. The molecule has 2 aliphatic heterocycles. The summed E-state index contributed by atoms with van der Waals surface area (Å²) in [6.07, 6.45) is 19.2. The highest BCUT2D eigenvalue weighted by molar-refractivity contribution is 4.68. The summed E-state index contributed by atoms with van der Waals surface area (Å²) in [6.45, 7) is 9.50. The van der Waals surface area contributed by atoms with Crippen molar-refractivity contribution in [1.82, 2.24) is 0 Å². The molecule has 0 atom stereocenters. The molecule has 0 aromatic carbocycles. The second kappa shape index (κ2) is 11.6. The van der Waals surface area contributed by atoms with Crippen molar-refractivity contribution in [2.24, 2.45) is 11.8 Å². The summed E-state index contributed by atoms with van der Waals surface area (Å²) < 4.78 is 1.38. The maximum atomic E-state index is 2.53. The topological polar surface area (TPSA) is 4.44 Å². The fourth-order valence-corrected chi connectivity index (χ4v) is 5.19. The first kappa shape index (κ1) is 21.2. The molecule has 25 heavy (non-hydrogen) atoms. The van der Waals surface area contributed by atoms with E-state index in [1.165, 1.54) is 121 Å². The molecule has 2 heteroatoms. The Balaban J connectivity index is 1.50. The van der Waals surface area contributed by atoms with Crippen molar-refractivity contribution in [1.29, 1.82) is 0 Å². The lowest BCUT2D eigenvalue weighted by molar-refractivity contribution is -0.915. The lowest BCUT2D eigenvalue weighted by Crippen LogP contribution is -3.10. The second-order valence-electron chi connectivity index (χ2n) is 9.83. The summed E-state index contributed by atoms with van der Waals surface area (Å²) in [6, 6.07) is 0. The number of rotatable bonds is 11. The highest BCUT2D eigenvalue weighted by Crippen LogP contribution is 2.28. The molecule has 2 nitrogen and oxygen atoms in total. The maximum Gasteiger partial charge on any atom is 0.0787 e. The molecule has 2 fully saturated rings. The van der Waals surface area contributed by atoms with Crippen molar-refractivity contribution in [2.75, 3.05) is 46.8 Å². The van der Waals surface area contributed by atoms with Crippen molar-refractivity contribution >= 4 is 0 Å². The lowest BCUT2D eigenvalue weighted by atomic mass is 9.86. The van der Waals surface area contributed by atoms with E-state index in [2.05, 4.69) is 21.0 Å². The molecule has 0 bridgehead atoms. The number of nitrogens with one attached hydrogen (secondary N) is 1. The number of quaternary nitrogens is 2. The minimum absolute atomic E-state index is 1.05. The predicted molar refractivity (Wildman–Crippen MR) is 110 cm³/mol. The van der Waals surface area contributed by atoms with Crippen molar-refractivity contribution in [3.05, 3.63) is 0 Å². The van der Waals surface area contributed by atoms with E-state index in [9.17, 15) is 0 Å². The smallest absolute Gasteiger partial charge is 0.0787 e. The van der Waals surface area contributed by atoms with Crippen LogP contribution in [-0.2, 0) is 0 Å². The fourth-order valence-electron chi connectivity index (χ4n) is 5.19. The van der Waals surface area contributed by atoms with E-state index in [1.807, 2.05) is 0 Å². The zero-order chi connectivity index (χ0) is 18.0. The minimum atomic E-state index is 1.05. The summed E-state index contributed by atoms with van der Waals surface area (Å²) >= 11 is 0.